The summed E-state index contributed by atoms with van der Waals surface area (Å²) in [5.41, 5.74) is 4.41. The van der Waals surface area contributed by atoms with Crippen LogP contribution < -0.4 is 20.3 Å². The Labute approximate surface area is 169 Å². The van der Waals surface area contributed by atoms with Crippen LogP contribution in [-0.4, -0.2) is 25.1 Å². The maximum Gasteiger partial charge on any atom is 0.251 e. The van der Waals surface area contributed by atoms with E-state index in [-0.39, 0.29) is 17.9 Å². The number of H-pyrrole nitrogens is 1. The molecule has 6 nitrogen and oxygen atoms in total. The zero-order valence-corrected chi connectivity index (χ0v) is 17.2. The molecule has 1 heterocycles. The Kier molecular flexibility index (Phi) is 6.22. The number of nitrogens with one attached hydrogen (secondary N) is 2. The monoisotopic (exact) mass is 394 g/mol. The fourth-order valence-electron chi connectivity index (χ4n) is 3.45. The highest BCUT2D eigenvalue weighted by Crippen LogP contribution is 2.27. The molecule has 0 unspecified atom stereocenters. The molecule has 0 aliphatic rings. The van der Waals surface area contributed by atoms with E-state index in [9.17, 15) is 9.59 Å². The largest absolute Gasteiger partial charge is 0.493 e. The number of amides is 1. The van der Waals surface area contributed by atoms with E-state index < -0.39 is 0 Å². The maximum absolute atomic E-state index is 12.4. The van der Waals surface area contributed by atoms with Crippen molar-refractivity contribution < 1.29 is 14.3 Å². The average molecular weight is 394 g/mol. The summed E-state index contributed by atoms with van der Waals surface area (Å²) in [5.74, 6) is 1.15. The van der Waals surface area contributed by atoms with Crippen LogP contribution in [0.1, 0.15) is 28.7 Å². The number of carbonyl (C=O) groups excluding carboxylic acids is 1. The molecule has 0 bridgehead atoms. The number of benzene rings is 2. The van der Waals surface area contributed by atoms with E-state index >= 15 is 0 Å². The van der Waals surface area contributed by atoms with Crippen LogP contribution in [-0.2, 0) is 17.8 Å². The van der Waals surface area contributed by atoms with E-state index in [2.05, 4.69) is 10.3 Å². The molecule has 2 aromatic carbocycles. The second-order valence-electron chi connectivity index (χ2n) is 7.14. The Morgan fingerprint density at radius 3 is 2.52 bits per heavy atom. The van der Waals surface area contributed by atoms with Gasteiger partial charge in [0, 0.05) is 18.5 Å². The molecule has 29 heavy (non-hydrogen) atoms. The number of rotatable bonds is 7. The highest BCUT2D eigenvalue weighted by Gasteiger charge is 2.10. The Bertz CT molecular complexity index is 1100. The molecule has 0 radical (unpaired) electrons. The smallest absolute Gasteiger partial charge is 0.251 e. The van der Waals surface area contributed by atoms with Crippen molar-refractivity contribution in [2.24, 2.45) is 0 Å². The van der Waals surface area contributed by atoms with Gasteiger partial charge in [-0.1, -0.05) is 17.7 Å². The van der Waals surface area contributed by atoms with Crippen LogP contribution >= 0.6 is 0 Å². The highest BCUT2D eigenvalue weighted by molar-refractivity contribution is 5.83. The van der Waals surface area contributed by atoms with E-state index in [1.165, 1.54) is 0 Å². The summed E-state index contributed by atoms with van der Waals surface area (Å²) in [6.07, 6.45) is 0.628. The van der Waals surface area contributed by atoms with E-state index in [0.29, 0.717) is 30.0 Å². The van der Waals surface area contributed by atoms with Gasteiger partial charge in [0.25, 0.3) is 5.56 Å². The zero-order chi connectivity index (χ0) is 21.0. The van der Waals surface area contributed by atoms with Crippen LogP contribution in [0.15, 0.2) is 41.2 Å². The molecule has 0 aliphatic carbocycles. The number of pyridine rings is 1. The van der Waals surface area contributed by atoms with Gasteiger partial charge in [-0.05, 0) is 61.0 Å². The predicted molar refractivity (Wildman–Crippen MR) is 114 cm³/mol. The molecule has 3 aromatic rings. The fourth-order valence-corrected chi connectivity index (χ4v) is 3.45. The summed E-state index contributed by atoms with van der Waals surface area (Å²) in [7, 11) is 3.15. The molecule has 0 aliphatic heterocycles. The third-order valence-corrected chi connectivity index (χ3v) is 4.93. The maximum atomic E-state index is 12.4. The minimum absolute atomic E-state index is 0.111. The van der Waals surface area contributed by atoms with Crippen molar-refractivity contribution in [2.45, 2.75) is 33.2 Å². The number of aromatic nitrogens is 1. The lowest BCUT2D eigenvalue weighted by molar-refractivity contribution is -0.121. The number of methoxy groups -OCH3 is 2. The lowest BCUT2D eigenvalue weighted by Crippen LogP contribution is -2.24. The van der Waals surface area contributed by atoms with Crippen LogP contribution in [0.5, 0.6) is 11.5 Å². The van der Waals surface area contributed by atoms with Crippen LogP contribution in [0.25, 0.3) is 10.9 Å². The standard InChI is InChI=1S/C23H26N2O4/c1-14-9-15(2)22-18(10-14)12-17(23(27)25-22)6-8-21(26)24-13-16-5-7-19(28-3)20(11-16)29-4/h5,7,9-12H,6,8,13H2,1-4H3,(H,24,26)(H,25,27). The van der Waals surface area contributed by atoms with Crippen LogP contribution in [0.3, 0.4) is 0 Å². The molecule has 0 spiro atoms. The fraction of sp³-hybridized carbons (Fsp3) is 0.304. The minimum atomic E-state index is -0.142. The third kappa shape index (κ3) is 4.77. The van der Waals surface area contributed by atoms with Gasteiger partial charge in [-0.2, -0.15) is 0 Å². The number of fused-ring (bicyclic) bond motifs is 1. The minimum Gasteiger partial charge on any atom is -0.493 e. The Hall–Kier alpha value is -3.28. The Balaban J connectivity index is 1.64. The van der Waals surface area contributed by atoms with Gasteiger partial charge in [-0.3, -0.25) is 9.59 Å². The van der Waals surface area contributed by atoms with Crippen LogP contribution in [0.4, 0.5) is 0 Å². The van der Waals surface area contributed by atoms with E-state index in [1.54, 1.807) is 20.3 Å². The lowest BCUT2D eigenvalue weighted by Gasteiger charge is -2.10. The quantitative estimate of drug-likeness (QED) is 0.644. The van der Waals surface area contributed by atoms with Crippen molar-refractivity contribution in [3.8, 4) is 11.5 Å². The molecule has 3 rings (SSSR count). The average Bonchev–Trinajstić information content (AvgIpc) is 2.71. The SMILES string of the molecule is COc1ccc(CNC(=O)CCc2cc3cc(C)cc(C)c3[nH]c2=O)cc1OC. The number of ether oxygens (including phenoxy) is 2. The molecular formula is C23H26N2O4. The van der Waals surface area contributed by atoms with E-state index in [0.717, 1.165) is 27.6 Å². The first-order chi connectivity index (χ1) is 13.9. The number of aryl methyl sites for hydroxylation is 3. The summed E-state index contributed by atoms with van der Waals surface area (Å²) in [4.78, 5) is 27.6. The highest BCUT2D eigenvalue weighted by atomic mass is 16.5. The summed E-state index contributed by atoms with van der Waals surface area (Å²) >= 11 is 0. The number of hydrogen-bond donors (Lipinski definition) is 2. The molecule has 0 fully saturated rings. The van der Waals surface area contributed by atoms with Gasteiger partial charge in [0.2, 0.25) is 5.91 Å². The molecular weight excluding hydrogens is 368 g/mol. The van der Waals surface area contributed by atoms with Crippen molar-refractivity contribution in [2.75, 3.05) is 14.2 Å². The molecule has 1 aromatic heterocycles. The number of hydrogen-bond acceptors (Lipinski definition) is 4. The number of aromatic amines is 1. The Morgan fingerprint density at radius 1 is 1.03 bits per heavy atom. The van der Waals surface area contributed by atoms with Crippen molar-refractivity contribution in [1.29, 1.82) is 0 Å². The van der Waals surface area contributed by atoms with Crippen molar-refractivity contribution in [3.63, 3.8) is 0 Å². The molecule has 152 valence electrons. The van der Waals surface area contributed by atoms with E-state index in [1.807, 2.05) is 44.2 Å². The summed E-state index contributed by atoms with van der Waals surface area (Å²) < 4.78 is 10.5. The van der Waals surface area contributed by atoms with Gasteiger partial charge in [0.15, 0.2) is 11.5 Å². The summed E-state index contributed by atoms with van der Waals surface area (Å²) in [6, 6.07) is 11.5. The molecule has 2 N–H and O–H groups in total. The van der Waals surface area contributed by atoms with Gasteiger partial charge < -0.3 is 19.8 Å². The molecule has 1 amide bonds. The summed E-state index contributed by atoms with van der Waals surface area (Å²) in [6.45, 7) is 4.39. The van der Waals surface area contributed by atoms with E-state index in [4.69, 9.17) is 9.47 Å². The normalized spacial score (nSPS) is 10.8. The first-order valence-electron chi connectivity index (χ1n) is 9.52. The molecule has 0 saturated heterocycles. The molecule has 6 heteroatoms. The van der Waals surface area contributed by atoms with Gasteiger partial charge >= 0.3 is 0 Å². The predicted octanol–water partition coefficient (Wildman–Crippen LogP) is 3.41. The van der Waals surface area contributed by atoms with Crippen molar-refractivity contribution in [3.05, 3.63) is 69.0 Å². The second-order valence-corrected chi connectivity index (χ2v) is 7.14. The summed E-state index contributed by atoms with van der Waals surface area (Å²) in [5, 5.41) is 3.87. The van der Waals surface area contributed by atoms with Crippen molar-refractivity contribution in [1.82, 2.24) is 10.3 Å². The van der Waals surface area contributed by atoms with Gasteiger partial charge in [0.1, 0.15) is 0 Å². The molecule has 0 atom stereocenters. The van der Waals surface area contributed by atoms with Gasteiger partial charge in [-0.25, -0.2) is 0 Å². The van der Waals surface area contributed by atoms with Gasteiger partial charge in [0.05, 0.1) is 19.7 Å². The van der Waals surface area contributed by atoms with Crippen molar-refractivity contribution >= 4 is 16.8 Å². The molecule has 0 saturated carbocycles. The van der Waals surface area contributed by atoms with Crippen LogP contribution in [0.2, 0.25) is 0 Å². The third-order valence-electron chi connectivity index (χ3n) is 4.93. The first-order valence-corrected chi connectivity index (χ1v) is 9.52. The number of carbonyl (C=O) groups is 1. The van der Waals surface area contributed by atoms with Crippen LogP contribution in [0, 0.1) is 13.8 Å². The second kappa shape index (κ2) is 8.82. The topological polar surface area (TPSA) is 80.4 Å². The zero-order valence-electron chi connectivity index (χ0n) is 17.2. The van der Waals surface area contributed by atoms with Gasteiger partial charge in [-0.15, -0.1) is 0 Å². The Morgan fingerprint density at radius 2 is 1.79 bits per heavy atom. The first kappa shape index (κ1) is 20.5. The lowest BCUT2D eigenvalue weighted by atomic mass is 10.0.